The van der Waals surface area contributed by atoms with Gasteiger partial charge in [0.2, 0.25) is 0 Å². The first kappa shape index (κ1) is 34.8. The highest BCUT2D eigenvalue weighted by atomic mass is 16.5. The number of aryl methyl sites for hydroxylation is 1. The van der Waals surface area contributed by atoms with Crippen molar-refractivity contribution >= 4 is 17.3 Å². The van der Waals surface area contributed by atoms with E-state index < -0.39 is 12.1 Å². The highest BCUT2D eigenvalue weighted by Gasteiger charge is 2.46. The van der Waals surface area contributed by atoms with Gasteiger partial charge < -0.3 is 29.7 Å². The first-order chi connectivity index (χ1) is 22.6. The summed E-state index contributed by atoms with van der Waals surface area (Å²) in [4.78, 5) is 26.2. The molecule has 8 heteroatoms. The molecule has 2 fully saturated rings. The molecule has 0 bridgehead atoms. The molecule has 1 spiro atoms. The lowest BCUT2D eigenvalue weighted by Crippen LogP contribution is -2.35. The van der Waals surface area contributed by atoms with Crippen LogP contribution in [-0.4, -0.2) is 55.4 Å². The second-order valence-corrected chi connectivity index (χ2v) is 14.1. The number of allylic oxidation sites excluding steroid dienone is 1. The van der Waals surface area contributed by atoms with Crippen LogP contribution in [0.4, 0.5) is 0 Å². The van der Waals surface area contributed by atoms with E-state index in [1.54, 1.807) is 19.2 Å². The molecule has 0 aliphatic heterocycles. The lowest BCUT2D eigenvalue weighted by Gasteiger charge is -2.44. The SMILES string of the molecule is CCCNCC1=C[C@@H]2CC3(CCCC3)CC[C@@H]2[C@@H](CC(=O)C[C@@H](CCc2ccc(O)c(OC)c2)OC(C)=O)c2cc(OC)c(O)cc21. The Bertz CT molecular complexity index is 1440. The highest BCUT2D eigenvalue weighted by Crippen LogP contribution is 2.58. The number of nitrogens with one attached hydrogen (secondary N) is 1. The summed E-state index contributed by atoms with van der Waals surface area (Å²) >= 11 is 0. The van der Waals surface area contributed by atoms with E-state index in [2.05, 4.69) is 18.3 Å². The van der Waals surface area contributed by atoms with E-state index in [1.807, 2.05) is 18.2 Å². The van der Waals surface area contributed by atoms with E-state index >= 15 is 0 Å². The van der Waals surface area contributed by atoms with Gasteiger partial charge in [-0.05, 0) is 128 Å². The van der Waals surface area contributed by atoms with E-state index in [0.29, 0.717) is 54.6 Å². The molecule has 0 radical (unpaired) electrons. The first-order valence-corrected chi connectivity index (χ1v) is 17.5. The van der Waals surface area contributed by atoms with Gasteiger partial charge in [-0.15, -0.1) is 0 Å². The van der Waals surface area contributed by atoms with Crippen LogP contribution in [0, 0.1) is 17.3 Å². The number of hydrogen-bond donors (Lipinski definition) is 3. The van der Waals surface area contributed by atoms with Gasteiger partial charge >= 0.3 is 5.97 Å². The van der Waals surface area contributed by atoms with Gasteiger partial charge in [-0.3, -0.25) is 9.59 Å². The number of ether oxygens (including phenoxy) is 3. The van der Waals surface area contributed by atoms with Crippen LogP contribution in [0.15, 0.2) is 36.4 Å². The van der Waals surface area contributed by atoms with Crippen LogP contribution in [-0.2, 0) is 20.7 Å². The van der Waals surface area contributed by atoms with Gasteiger partial charge in [-0.25, -0.2) is 0 Å². The van der Waals surface area contributed by atoms with Crippen LogP contribution in [0.2, 0.25) is 0 Å². The lowest BCUT2D eigenvalue weighted by atomic mass is 9.60. The van der Waals surface area contributed by atoms with Crippen molar-refractivity contribution in [1.29, 1.82) is 0 Å². The number of hydrogen-bond acceptors (Lipinski definition) is 8. The summed E-state index contributed by atoms with van der Waals surface area (Å²) in [7, 11) is 3.07. The van der Waals surface area contributed by atoms with Crippen molar-refractivity contribution in [1.82, 2.24) is 5.32 Å². The van der Waals surface area contributed by atoms with Gasteiger partial charge in [-0.1, -0.05) is 31.9 Å². The number of rotatable bonds is 14. The van der Waals surface area contributed by atoms with Gasteiger partial charge in [0, 0.05) is 26.3 Å². The van der Waals surface area contributed by atoms with E-state index in [9.17, 15) is 19.8 Å². The average Bonchev–Trinajstić information content (AvgIpc) is 3.45. The molecule has 47 heavy (non-hydrogen) atoms. The second kappa shape index (κ2) is 15.6. The van der Waals surface area contributed by atoms with Crippen molar-refractivity contribution < 1.29 is 34.0 Å². The van der Waals surface area contributed by atoms with Crippen LogP contribution < -0.4 is 14.8 Å². The largest absolute Gasteiger partial charge is 0.504 e. The number of phenolic OH excluding ortho intramolecular Hbond substituents is 2. The molecule has 3 aliphatic rings. The number of esters is 1. The Morgan fingerprint density at radius 3 is 2.47 bits per heavy atom. The maximum atomic E-state index is 14.1. The third kappa shape index (κ3) is 8.32. The molecule has 4 atom stereocenters. The molecule has 3 N–H and O–H groups in total. The molecule has 0 amide bonds. The van der Waals surface area contributed by atoms with Crippen molar-refractivity contribution in [2.45, 2.75) is 103 Å². The molecule has 256 valence electrons. The number of methoxy groups -OCH3 is 2. The Morgan fingerprint density at radius 2 is 1.77 bits per heavy atom. The molecular formula is C39H53NO7. The number of carbonyl (C=O) groups excluding carboxylic acids is 2. The minimum atomic E-state index is -0.560. The van der Waals surface area contributed by atoms with E-state index in [0.717, 1.165) is 42.5 Å². The van der Waals surface area contributed by atoms with Crippen LogP contribution in [0.25, 0.3) is 5.57 Å². The molecular weight excluding hydrogens is 594 g/mol. The minimum Gasteiger partial charge on any atom is -0.504 e. The number of Topliss-reactive ketones (excluding diaryl/α,β-unsaturated/α-hetero) is 1. The summed E-state index contributed by atoms with van der Waals surface area (Å²) in [5, 5.41) is 24.5. The Kier molecular flexibility index (Phi) is 11.5. The zero-order chi connectivity index (χ0) is 33.6. The molecule has 2 saturated carbocycles. The number of phenols is 2. The Morgan fingerprint density at radius 1 is 1.02 bits per heavy atom. The summed E-state index contributed by atoms with van der Waals surface area (Å²) in [5.74, 6) is 1.22. The molecule has 0 heterocycles. The smallest absolute Gasteiger partial charge is 0.302 e. The van der Waals surface area contributed by atoms with Crippen molar-refractivity contribution in [2.75, 3.05) is 27.3 Å². The standard InChI is InChI=1S/C39H53NO7/c1-5-16-40-24-28-18-27-23-39(13-6-7-14-39)15-12-31(27)33(34-22-38(46-4)36(44)21-32(28)34)20-29(42)19-30(47-25(2)41)10-8-26-9-11-35(43)37(17-26)45-3/h9,11,17-18,21-22,27,30-31,33,40,43-44H,5-8,10,12-16,19-20,23-24H2,1-4H3/t27-,30-,31+,33-/m1/s1. The van der Waals surface area contributed by atoms with E-state index in [1.165, 1.54) is 51.7 Å². The lowest BCUT2D eigenvalue weighted by molar-refractivity contribution is -0.147. The highest BCUT2D eigenvalue weighted by molar-refractivity contribution is 5.82. The van der Waals surface area contributed by atoms with Crippen molar-refractivity contribution in [3.63, 3.8) is 0 Å². The average molecular weight is 648 g/mol. The van der Waals surface area contributed by atoms with Gasteiger partial charge in [-0.2, -0.15) is 0 Å². The second-order valence-electron chi connectivity index (χ2n) is 14.1. The van der Waals surface area contributed by atoms with Gasteiger partial charge in [0.15, 0.2) is 23.0 Å². The third-order valence-corrected chi connectivity index (χ3v) is 10.9. The van der Waals surface area contributed by atoms with E-state index in [4.69, 9.17) is 14.2 Å². The van der Waals surface area contributed by atoms with Crippen molar-refractivity contribution in [3.8, 4) is 23.0 Å². The number of benzene rings is 2. The van der Waals surface area contributed by atoms with Crippen LogP contribution in [0.1, 0.15) is 107 Å². The molecule has 0 unspecified atom stereocenters. The van der Waals surface area contributed by atoms with Crippen molar-refractivity contribution in [2.24, 2.45) is 17.3 Å². The Balaban J connectivity index is 1.43. The van der Waals surface area contributed by atoms with Crippen LogP contribution in [0.5, 0.6) is 23.0 Å². The topological polar surface area (TPSA) is 114 Å². The molecule has 0 aromatic heterocycles. The molecule has 5 rings (SSSR count). The number of carbonyl (C=O) groups is 2. The molecule has 3 aliphatic carbocycles. The maximum absolute atomic E-state index is 14.1. The summed E-state index contributed by atoms with van der Waals surface area (Å²) < 4.78 is 16.5. The normalized spacial score (nSPS) is 22.0. The molecule has 2 aromatic rings. The minimum absolute atomic E-state index is 0.0463. The summed E-state index contributed by atoms with van der Waals surface area (Å²) in [5.41, 5.74) is 4.57. The molecule has 2 aromatic carbocycles. The zero-order valence-electron chi connectivity index (χ0n) is 28.6. The Labute approximate surface area is 279 Å². The van der Waals surface area contributed by atoms with Gasteiger partial charge in [0.1, 0.15) is 11.9 Å². The first-order valence-electron chi connectivity index (χ1n) is 17.5. The fourth-order valence-corrected chi connectivity index (χ4v) is 8.65. The number of aromatic hydroxyl groups is 2. The molecule has 8 nitrogen and oxygen atoms in total. The zero-order valence-corrected chi connectivity index (χ0v) is 28.6. The molecule has 0 saturated heterocycles. The third-order valence-electron chi connectivity index (χ3n) is 10.9. The quantitative estimate of drug-likeness (QED) is 0.143. The van der Waals surface area contributed by atoms with Gasteiger partial charge in [0.25, 0.3) is 0 Å². The van der Waals surface area contributed by atoms with Crippen molar-refractivity contribution in [3.05, 3.63) is 53.1 Å². The summed E-state index contributed by atoms with van der Waals surface area (Å²) in [6.07, 6.45) is 13.0. The van der Waals surface area contributed by atoms with Crippen LogP contribution >= 0.6 is 0 Å². The predicted octanol–water partition coefficient (Wildman–Crippen LogP) is 7.49. The predicted molar refractivity (Wildman–Crippen MR) is 183 cm³/mol. The number of fused-ring (bicyclic) bond motifs is 2. The summed E-state index contributed by atoms with van der Waals surface area (Å²) in [6, 6.07) is 8.97. The van der Waals surface area contributed by atoms with E-state index in [-0.39, 0.29) is 29.6 Å². The fourth-order valence-electron chi connectivity index (χ4n) is 8.65. The fraction of sp³-hybridized carbons (Fsp3) is 0.590. The summed E-state index contributed by atoms with van der Waals surface area (Å²) in [6.45, 7) is 5.16. The van der Waals surface area contributed by atoms with Crippen LogP contribution in [0.3, 0.4) is 0 Å². The number of ketones is 1. The Hall–Kier alpha value is -3.52. The maximum Gasteiger partial charge on any atom is 0.302 e. The van der Waals surface area contributed by atoms with Gasteiger partial charge in [0.05, 0.1) is 14.2 Å². The monoisotopic (exact) mass is 647 g/mol.